The molecule has 0 bridgehead atoms. The van der Waals surface area contributed by atoms with Gasteiger partial charge in [-0.3, -0.25) is 14.5 Å². The fourth-order valence-electron chi connectivity index (χ4n) is 6.11. The van der Waals surface area contributed by atoms with Crippen molar-refractivity contribution in [2.24, 2.45) is 5.92 Å². The van der Waals surface area contributed by atoms with Crippen molar-refractivity contribution >= 4 is 29.5 Å². The minimum absolute atomic E-state index is 0.00774. The molecular weight excluding hydrogens is 614 g/mol. The van der Waals surface area contributed by atoms with Gasteiger partial charge in [0.2, 0.25) is 6.79 Å². The summed E-state index contributed by atoms with van der Waals surface area (Å²) in [6.07, 6.45) is 1.29. The van der Waals surface area contributed by atoms with E-state index >= 15 is 0 Å². The lowest BCUT2D eigenvalue weighted by Gasteiger charge is -2.36. The minimum atomic E-state index is -0.151. The lowest BCUT2D eigenvalue weighted by molar-refractivity contribution is -0.149. The predicted molar refractivity (Wildman–Crippen MR) is 182 cm³/mol. The molecule has 3 aromatic rings. The van der Waals surface area contributed by atoms with Gasteiger partial charge in [-0.15, -0.1) is 0 Å². The van der Waals surface area contributed by atoms with E-state index < -0.39 is 0 Å². The molecule has 2 fully saturated rings. The number of amides is 1. The zero-order chi connectivity index (χ0) is 33.0. The number of ether oxygens (including phenoxy) is 3. The maximum atomic E-state index is 13.1. The molecule has 2 aromatic carbocycles. The highest BCUT2D eigenvalue weighted by atomic mass is 32.2. The Morgan fingerprint density at radius 2 is 1.60 bits per heavy atom. The summed E-state index contributed by atoms with van der Waals surface area (Å²) in [6, 6.07) is 16.2. The van der Waals surface area contributed by atoms with E-state index in [0.717, 1.165) is 66.5 Å². The number of piperidine rings is 1. The number of benzene rings is 2. The zero-order valence-electron chi connectivity index (χ0n) is 27.9. The van der Waals surface area contributed by atoms with Crippen LogP contribution in [0, 0.1) is 5.92 Å². The Labute approximate surface area is 281 Å². The largest absolute Gasteiger partial charge is 0.466 e. The van der Waals surface area contributed by atoms with Gasteiger partial charge >= 0.3 is 5.97 Å². The highest BCUT2D eigenvalue weighted by Gasteiger charge is 2.29. The average Bonchev–Trinajstić information content (AvgIpc) is 3.55. The van der Waals surface area contributed by atoms with Crippen molar-refractivity contribution in [3.8, 4) is 11.5 Å². The molecular formula is C36H45N5O5S. The summed E-state index contributed by atoms with van der Waals surface area (Å²) in [5.41, 5.74) is 3.92. The van der Waals surface area contributed by atoms with E-state index in [1.54, 1.807) is 11.8 Å². The summed E-state index contributed by atoms with van der Waals surface area (Å²) in [6.45, 7) is 14.8. The van der Waals surface area contributed by atoms with Crippen molar-refractivity contribution in [3.05, 3.63) is 70.9 Å². The van der Waals surface area contributed by atoms with Crippen molar-refractivity contribution in [1.29, 1.82) is 0 Å². The zero-order valence-corrected chi connectivity index (χ0v) is 28.7. The van der Waals surface area contributed by atoms with Crippen LogP contribution in [0.1, 0.15) is 67.7 Å². The molecule has 0 N–H and O–H groups in total. The maximum absolute atomic E-state index is 13.1. The predicted octanol–water partition coefficient (Wildman–Crippen LogP) is 5.53. The fraction of sp³-hybridized carbons (Fsp3) is 0.500. The summed E-state index contributed by atoms with van der Waals surface area (Å²) in [7, 11) is 0. The number of carbonyl (C=O) groups is 2. The van der Waals surface area contributed by atoms with E-state index in [4.69, 9.17) is 24.2 Å². The topological polar surface area (TPSA) is 97.3 Å². The quantitative estimate of drug-likeness (QED) is 0.166. The molecule has 3 aliphatic heterocycles. The van der Waals surface area contributed by atoms with Gasteiger partial charge < -0.3 is 24.0 Å². The summed E-state index contributed by atoms with van der Waals surface area (Å²) < 4.78 is 16.2. The van der Waals surface area contributed by atoms with E-state index in [1.807, 2.05) is 42.2 Å². The van der Waals surface area contributed by atoms with Crippen molar-refractivity contribution in [2.45, 2.75) is 63.4 Å². The minimum Gasteiger partial charge on any atom is -0.466 e. The molecule has 1 aromatic heterocycles. The second-order valence-electron chi connectivity index (χ2n) is 13.4. The van der Waals surface area contributed by atoms with Crippen LogP contribution < -0.4 is 14.4 Å². The van der Waals surface area contributed by atoms with Crippen LogP contribution in [-0.4, -0.2) is 84.3 Å². The number of hydrogen-bond acceptors (Lipinski definition) is 10. The van der Waals surface area contributed by atoms with Crippen molar-refractivity contribution in [1.82, 2.24) is 19.8 Å². The molecule has 3 aliphatic rings. The van der Waals surface area contributed by atoms with Crippen molar-refractivity contribution in [3.63, 3.8) is 0 Å². The molecule has 0 radical (unpaired) electrons. The highest BCUT2D eigenvalue weighted by molar-refractivity contribution is 7.98. The smallest absolute Gasteiger partial charge is 0.309 e. The molecule has 0 spiro atoms. The standard InChI is InChI=1S/C36H45N5O5S/c1-5-44-34(43)28-12-14-41(15-13-28)33(42)27-9-6-25(7-10-27)23-47-35-37-31(36(2,3)4)21-32(38-35)40-18-16-39(17-19-40)22-26-8-11-29-30(20-26)46-24-45-29/h6-11,20-21,28H,5,12-19,22-24H2,1-4H3. The first kappa shape index (κ1) is 33.1. The number of likely N-dealkylation sites (tertiary alicyclic amines) is 1. The number of carbonyl (C=O) groups excluding carboxylic acids is 2. The summed E-state index contributed by atoms with van der Waals surface area (Å²) >= 11 is 1.62. The van der Waals surface area contributed by atoms with Gasteiger partial charge in [0.05, 0.1) is 18.2 Å². The number of hydrogen-bond donors (Lipinski definition) is 0. The number of aromatic nitrogens is 2. The van der Waals surface area contributed by atoms with Crippen LogP contribution in [0.2, 0.25) is 0 Å². The summed E-state index contributed by atoms with van der Waals surface area (Å²) in [5, 5.41) is 0.764. The SMILES string of the molecule is CCOC(=O)C1CCN(C(=O)c2ccc(CSc3nc(N4CCN(Cc5ccc6c(c5)OCO6)CC4)cc(C(C)(C)C)n3)cc2)CC1. The fourth-order valence-corrected chi connectivity index (χ4v) is 6.92. The van der Waals surface area contributed by atoms with Crippen LogP contribution in [0.4, 0.5) is 5.82 Å². The third kappa shape index (κ3) is 8.19. The molecule has 2 saturated heterocycles. The summed E-state index contributed by atoms with van der Waals surface area (Å²) in [4.78, 5) is 41.8. The normalized spacial score (nSPS) is 17.2. The second kappa shape index (κ2) is 14.5. The summed E-state index contributed by atoms with van der Waals surface area (Å²) in [5.74, 6) is 3.07. The first-order valence-electron chi connectivity index (χ1n) is 16.6. The molecule has 10 nitrogen and oxygen atoms in total. The van der Waals surface area contributed by atoms with Crippen LogP contribution in [0.5, 0.6) is 11.5 Å². The Morgan fingerprint density at radius 1 is 0.894 bits per heavy atom. The Balaban J connectivity index is 1.04. The Bertz CT molecular complexity index is 1560. The van der Waals surface area contributed by atoms with Crippen LogP contribution in [-0.2, 0) is 27.2 Å². The van der Waals surface area contributed by atoms with E-state index in [1.165, 1.54) is 5.56 Å². The number of thioether (sulfide) groups is 1. The Hall–Kier alpha value is -3.83. The molecule has 0 saturated carbocycles. The molecule has 0 aliphatic carbocycles. The number of esters is 1. The second-order valence-corrected chi connectivity index (χ2v) is 14.3. The van der Waals surface area contributed by atoms with Gasteiger partial charge in [-0.05, 0) is 55.2 Å². The van der Waals surface area contributed by atoms with Gasteiger partial charge in [-0.25, -0.2) is 9.97 Å². The number of rotatable bonds is 9. The average molecular weight is 660 g/mol. The van der Waals surface area contributed by atoms with Crippen LogP contribution in [0.3, 0.4) is 0 Å². The van der Waals surface area contributed by atoms with Gasteiger partial charge in [0.15, 0.2) is 16.7 Å². The number of nitrogens with zero attached hydrogens (tertiary/aromatic N) is 5. The molecule has 0 atom stereocenters. The molecule has 4 heterocycles. The van der Waals surface area contributed by atoms with Crippen molar-refractivity contribution < 1.29 is 23.8 Å². The van der Waals surface area contributed by atoms with Gasteiger partial charge in [-0.1, -0.05) is 50.7 Å². The van der Waals surface area contributed by atoms with Gasteiger partial charge in [-0.2, -0.15) is 0 Å². The molecule has 11 heteroatoms. The van der Waals surface area contributed by atoms with E-state index in [9.17, 15) is 9.59 Å². The van der Waals surface area contributed by atoms with Crippen LogP contribution in [0.25, 0.3) is 0 Å². The molecule has 0 unspecified atom stereocenters. The van der Waals surface area contributed by atoms with Crippen LogP contribution in [0.15, 0.2) is 53.7 Å². The van der Waals surface area contributed by atoms with Gasteiger partial charge in [0, 0.05) is 68.6 Å². The monoisotopic (exact) mass is 659 g/mol. The number of fused-ring (bicyclic) bond motifs is 1. The molecule has 47 heavy (non-hydrogen) atoms. The Kier molecular flexibility index (Phi) is 10.2. The van der Waals surface area contributed by atoms with E-state index in [0.29, 0.717) is 50.6 Å². The molecule has 6 rings (SSSR count). The first-order valence-corrected chi connectivity index (χ1v) is 17.6. The number of piperazine rings is 1. The highest BCUT2D eigenvalue weighted by Crippen LogP contribution is 2.33. The lowest BCUT2D eigenvalue weighted by atomic mass is 9.92. The molecule has 250 valence electrons. The first-order chi connectivity index (χ1) is 22.7. The Morgan fingerprint density at radius 3 is 2.30 bits per heavy atom. The van der Waals surface area contributed by atoms with Crippen LogP contribution >= 0.6 is 11.8 Å². The lowest BCUT2D eigenvalue weighted by Crippen LogP contribution is -2.46. The van der Waals surface area contributed by atoms with E-state index in [-0.39, 0.29) is 23.2 Å². The van der Waals surface area contributed by atoms with Gasteiger partial charge in [0.1, 0.15) is 5.82 Å². The third-order valence-electron chi connectivity index (χ3n) is 8.97. The maximum Gasteiger partial charge on any atom is 0.309 e. The van der Waals surface area contributed by atoms with Crippen molar-refractivity contribution in [2.75, 3.05) is 57.6 Å². The molecule has 1 amide bonds. The van der Waals surface area contributed by atoms with E-state index in [2.05, 4.69) is 48.8 Å². The number of anilines is 1. The van der Waals surface area contributed by atoms with Gasteiger partial charge in [0.25, 0.3) is 5.91 Å². The third-order valence-corrected chi connectivity index (χ3v) is 9.89.